The van der Waals surface area contributed by atoms with Gasteiger partial charge in [-0.3, -0.25) is 14.9 Å². The van der Waals surface area contributed by atoms with E-state index >= 15 is 0 Å². The van der Waals surface area contributed by atoms with Gasteiger partial charge in [-0.05, 0) is 19.1 Å². The number of carbonyl (C=O) groups excluding carboxylic acids is 1. The lowest BCUT2D eigenvalue weighted by Gasteiger charge is -1.93. The molecule has 0 fully saturated rings. The zero-order valence-electron chi connectivity index (χ0n) is 11.9. The lowest BCUT2D eigenvalue weighted by atomic mass is 10.3. The average molecular weight is 313 g/mol. The summed E-state index contributed by atoms with van der Waals surface area (Å²) in [7, 11) is 0. The minimum atomic E-state index is -0.504. The van der Waals surface area contributed by atoms with Crippen molar-refractivity contribution in [1.29, 1.82) is 0 Å². The topological polar surface area (TPSA) is 127 Å². The van der Waals surface area contributed by atoms with Crippen LogP contribution in [0.15, 0.2) is 34.9 Å². The number of carbonyl (C=O) groups is 1. The minimum Gasteiger partial charge on any atom is -0.360 e. The van der Waals surface area contributed by atoms with Crippen LogP contribution >= 0.6 is 0 Å². The maximum absolute atomic E-state index is 11.8. The van der Waals surface area contributed by atoms with Gasteiger partial charge in [-0.15, -0.1) is 0 Å². The fourth-order valence-electron chi connectivity index (χ4n) is 2.01. The molecule has 23 heavy (non-hydrogen) atoms. The van der Waals surface area contributed by atoms with Gasteiger partial charge in [-0.2, -0.15) is 0 Å². The Morgan fingerprint density at radius 1 is 1.48 bits per heavy atom. The molecular formula is C14H11N5O4. The van der Waals surface area contributed by atoms with Gasteiger partial charge >= 0.3 is 0 Å². The van der Waals surface area contributed by atoms with E-state index in [1.54, 1.807) is 25.1 Å². The van der Waals surface area contributed by atoms with Crippen LogP contribution in [0.1, 0.15) is 11.6 Å². The molecule has 0 aliphatic heterocycles. The van der Waals surface area contributed by atoms with Crippen molar-refractivity contribution < 1.29 is 14.2 Å². The average Bonchev–Trinajstić information content (AvgIpc) is 3.10. The third-order valence-corrected chi connectivity index (χ3v) is 2.98. The van der Waals surface area contributed by atoms with Gasteiger partial charge in [0.25, 0.3) is 5.69 Å². The maximum Gasteiger partial charge on any atom is 0.297 e. The quantitative estimate of drug-likeness (QED) is 0.432. The van der Waals surface area contributed by atoms with E-state index in [0.717, 1.165) is 0 Å². The molecule has 0 unspecified atom stereocenters. The van der Waals surface area contributed by atoms with Crippen LogP contribution in [-0.2, 0) is 4.79 Å². The number of para-hydroxylation sites is 1. The van der Waals surface area contributed by atoms with Crippen LogP contribution in [0.4, 0.5) is 11.5 Å². The number of amides is 1. The van der Waals surface area contributed by atoms with Crippen LogP contribution in [0.5, 0.6) is 0 Å². The van der Waals surface area contributed by atoms with E-state index in [1.165, 1.54) is 18.2 Å². The van der Waals surface area contributed by atoms with Crippen molar-refractivity contribution in [3.05, 3.63) is 52.0 Å². The first-order chi connectivity index (χ1) is 11.0. The van der Waals surface area contributed by atoms with E-state index in [2.05, 4.69) is 20.4 Å². The molecule has 0 aliphatic rings. The number of anilines is 1. The second-order valence-electron chi connectivity index (χ2n) is 4.70. The number of nitrogens with zero attached hydrogens (tertiary/aromatic N) is 3. The zero-order chi connectivity index (χ0) is 16.4. The molecule has 0 spiro atoms. The van der Waals surface area contributed by atoms with Crippen molar-refractivity contribution in [3.63, 3.8) is 0 Å². The fraction of sp³-hybridized carbons (Fsp3) is 0.0714. The number of nitro groups is 1. The van der Waals surface area contributed by atoms with Gasteiger partial charge < -0.3 is 14.8 Å². The molecule has 0 saturated carbocycles. The Morgan fingerprint density at radius 2 is 2.30 bits per heavy atom. The molecule has 2 heterocycles. The summed E-state index contributed by atoms with van der Waals surface area (Å²) in [6, 6.07) is 6.18. The standard InChI is InChI=1S/C14H11N5O4/c1-8-7-12(18-23-8)16-13(20)6-5-11-15-9-3-2-4-10(19(21)22)14(9)17-11/h2-7H,1H3,(H,15,17)(H,16,18,20)/b6-5-. The normalized spacial score (nSPS) is 11.2. The summed E-state index contributed by atoms with van der Waals surface area (Å²) >= 11 is 0. The smallest absolute Gasteiger partial charge is 0.297 e. The monoisotopic (exact) mass is 313 g/mol. The van der Waals surface area contributed by atoms with E-state index in [9.17, 15) is 14.9 Å². The summed E-state index contributed by atoms with van der Waals surface area (Å²) in [5.41, 5.74) is 0.664. The number of nitrogens with one attached hydrogen (secondary N) is 2. The number of hydrogen-bond acceptors (Lipinski definition) is 6. The Morgan fingerprint density at radius 3 is 3.00 bits per heavy atom. The molecule has 1 aromatic carbocycles. The molecule has 0 aliphatic carbocycles. The molecule has 9 heteroatoms. The molecule has 0 bridgehead atoms. The molecule has 1 amide bonds. The predicted octanol–water partition coefficient (Wildman–Crippen LogP) is 2.42. The van der Waals surface area contributed by atoms with E-state index in [-0.39, 0.29) is 11.2 Å². The molecule has 2 aromatic heterocycles. The first kappa shape index (κ1) is 14.4. The summed E-state index contributed by atoms with van der Waals surface area (Å²) in [5.74, 6) is 0.792. The van der Waals surface area contributed by atoms with Gasteiger partial charge in [0, 0.05) is 18.2 Å². The molecule has 9 nitrogen and oxygen atoms in total. The van der Waals surface area contributed by atoms with E-state index in [1.807, 2.05) is 0 Å². The summed E-state index contributed by atoms with van der Waals surface area (Å²) in [6.07, 6.45) is 2.67. The number of aryl methyl sites for hydroxylation is 1. The van der Waals surface area contributed by atoms with Crippen molar-refractivity contribution >= 4 is 34.5 Å². The second kappa shape index (κ2) is 5.72. The van der Waals surface area contributed by atoms with Gasteiger partial charge in [0.05, 0.1) is 10.4 Å². The van der Waals surface area contributed by atoms with Crippen LogP contribution in [0, 0.1) is 17.0 Å². The summed E-state index contributed by atoms with van der Waals surface area (Å²) in [5, 5.41) is 17.1. The number of nitro benzene ring substituents is 1. The summed E-state index contributed by atoms with van der Waals surface area (Å²) in [4.78, 5) is 29.2. The SMILES string of the molecule is Cc1cc(NC(=O)/C=C\c2nc3c([N+](=O)[O-])cccc3[nH]2)no1. The number of rotatable bonds is 4. The second-order valence-corrected chi connectivity index (χ2v) is 4.70. The first-order valence-electron chi connectivity index (χ1n) is 6.58. The van der Waals surface area contributed by atoms with E-state index in [0.29, 0.717) is 22.9 Å². The third-order valence-electron chi connectivity index (χ3n) is 2.98. The third kappa shape index (κ3) is 3.07. The Labute approximate surface area is 129 Å². The van der Waals surface area contributed by atoms with Gasteiger partial charge in [0.2, 0.25) is 5.91 Å². The molecule has 0 atom stereocenters. The molecule has 0 saturated heterocycles. The number of imidazole rings is 1. The number of aromatic nitrogens is 3. The summed E-state index contributed by atoms with van der Waals surface area (Å²) < 4.78 is 4.83. The van der Waals surface area contributed by atoms with Crippen molar-refractivity contribution in [1.82, 2.24) is 15.1 Å². The largest absolute Gasteiger partial charge is 0.360 e. The van der Waals surface area contributed by atoms with Gasteiger partial charge in [0.1, 0.15) is 11.6 Å². The van der Waals surface area contributed by atoms with E-state index in [4.69, 9.17) is 4.52 Å². The van der Waals surface area contributed by atoms with Crippen LogP contribution in [0.3, 0.4) is 0 Å². The highest BCUT2D eigenvalue weighted by Gasteiger charge is 2.14. The molecule has 3 aromatic rings. The Bertz CT molecular complexity index is 924. The fourth-order valence-corrected chi connectivity index (χ4v) is 2.01. The molecule has 0 radical (unpaired) electrons. The highest BCUT2D eigenvalue weighted by molar-refractivity contribution is 6.01. The Balaban J connectivity index is 1.79. The number of fused-ring (bicyclic) bond motifs is 1. The maximum atomic E-state index is 11.8. The summed E-state index contributed by atoms with van der Waals surface area (Å²) in [6.45, 7) is 1.71. The Kier molecular flexibility index (Phi) is 3.59. The Hall–Kier alpha value is -3.49. The molecule has 116 valence electrons. The first-order valence-corrected chi connectivity index (χ1v) is 6.58. The van der Waals surface area contributed by atoms with Gasteiger partial charge in [-0.1, -0.05) is 11.2 Å². The van der Waals surface area contributed by atoms with Crippen LogP contribution in [0.25, 0.3) is 17.1 Å². The number of non-ortho nitro benzene ring substituents is 1. The van der Waals surface area contributed by atoms with Crippen LogP contribution in [0.2, 0.25) is 0 Å². The zero-order valence-corrected chi connectivity index (χ0v) is 11.9. The van der Waals surface area contributed by atoms with Crippen LogP contribution in [-0.4, -0.2) is 26.0 Å². The number of benzene rings is 1. The highest BCUT2D eigenvalue weighted by atomic mass is 16.6. The van der Waals surface area contributed by atoms with Gasteiger partial charge in [0.15, 0.2) is 11.3 Å². The van der Waals surface area contributed by atoms with Crippen molar-refractivity contribution in [3.8, 4) is 0 Å². The van der Waals surface area contributed by atoms with Gasteiger partial charge in [-0.25, -0.2) is 4.98 Å². The lowest BCUT2D eigenvalue weighted by Crippen LogP contribution is -2.07. The van der Waals surface area contributed by atoms with Crippen molar-refractivity contribution in [2.45, 2.75) is 6.92 Å². The minimum absolute atomic E-state index is 0.0964. The van der Waals surface area contributed by atoms with Crippen LogP contribution < -0.4 is 5.32 Å². The number of aromatic amines is 1. The predicted molar refractivity (Wildman–Crippen MR) is 81.7 cm³/mol. The molecular weight excluding hydrogens is 302 g/mol. The van der Waals surface area contributed by atoms with Crippen molar-refractivity contribution in [2.24, 2.45) is 0 Å². The number of H-pyrrole nitrogens is 1. The lowest BCUT2D eigenvalue weighted by molar-refractivity contribution is -0.383. The van der Waals surface area contributed by atoms with E-state index < -0.39 is 10.8 Å². The molecule has 3 rings (SSSR count). The molecule has 2 N–H and O–H groups in total. The van der Waals surface area contributed by atoms with Crippen molar-refractivity contribution in [2.75, 3.05) is 5.32 Å². The highest BCUT2D eigenvalue weighted by Crippen LogP contribution is 2.23. The number of hydrogen-bond donors (Lipinski definition) is 2.